The van der Waals surface area contributed by atoms with Crippen molar-refractivity contribution in [1.29, 1.82) is 5.26 Å². The smallest absolute Gasteiger partial charge is 0.236 e. The van der Waals surface area contributed by atoms with E-state index in [0.29, 0.717) is 34.2 Å². The minimum atomic E-state index is -0.339. The Hall–Kier alpha value is -4.08. The van der Waals surface area contributed by atoms with Crippen LogP contribution in [0.25, 0.3) is 16.9 Å². The molecule has 5 rings (SSSR count). The lowest BCUT2D eigenvalue weighted by atomic mass is 10.1. The minimum absolute atomic E-state index is 0.102. The van der Waals surface area contributed by atoms with Crippen molar-refractivity contribution in [3.8, 4) is 17.3 Å². The van der Waals surface area contributed by atoms with Crippen LogP contribution in [-0.4, -0.2) is 89.2 Å². The molecule has 0 aliphatic carbocycles. The van der Waals surface area contributed by atoms with E-state index in [1.54, 1.807) is 31.1 Å². The highest BCUT2D eigenvalue weighted by molar-refractivity contribution is 7.16. The van der Waals surface area contributed by atoms with Gasteiger partial charge in [-0.25, -0.2) is 14.4 Å². The van der Waals surface area contributed by atoms with Crippen molar-refractivity contribution in [2.75, 3.05) is 63.7 Å². The third kappa shape index (κ3) is 5.28. The Morgan fingerprint density at radius 3 is 2.44 bits per heavy atom. The molecule has 10 nitrogen and oxygen atoms in total. The number of carbonyl (C=O) groups excluding carboxylic acids is 1. The van der Waals surface area contributed by atoms with Gasteiger partial charge in [0.1, 0.15) is 28.3 Å². The molecule has 1 saturated heterocycles. The first-order valence-electron chi connectivity index (χ1n) is 12.8. The van der Waals surface area contributed by atoms with Crippen molar-refractivity contribution < 1.29 is 9.18 Å². The zero-order valence-corrected chi connectivity index (χ0v) is 23.2. The molecule has 4 heterocycles. The predicted molar refractivity (Wildman–Crippen MR) is 150 cm³/mol. The van der Waals surface area contributed by atoms with Crippen molar-refractivity contribution in [3.05, 3.63) is 52.8 Å². The van der Waals surface area contributed by atoms with Crippen molar-refractivity contribution in [2.24, 2.45) is 0 Å². The van der Waals surface area contributed by atoms with E-state index in [1.165, 1.54) is 23.5 Å². The first kappa shape index (κ1) is 26.5. The van der Waals surface area contributed by atoms with Gasteiger partial charge in [-0.15, -0.1) is 5.10 Å². The highest BCUT2D eigenvalue weighted by Gasteiger charge is 2.25. The summed E-state index contributed by atoms with van der Waals surface area (Å²) in [4.78, 5) is 30.0. The zero-order chi connectivity index (χ0) is 27.7. The molecule has 0 unspecified atom stereocenters. The summed E-state index contributed by atoms with van der Waals surface area (Å²) in [7, 11) is 5.45. The van der Waals surface area contributed by atoms with E-state index in [0.717, 1.165) is 49.2 Å². The molecule has 39 heavy (non-hydrogen) atoms. The molecule has 0 radical (unpaired) electrons. The number of imidazole rings is 1. The summed E-state index contributed by atoms with van der Waals surface area (Å²) in [6.45, 7) is 5.54. The summed E-state index contributed by atoms with van der Waals surface area (Å²) in [5.74, 6) is 1.38. The van der Waals surface area contributed by atoms with Crippen LogP contribution in [0.5, 0.6) is 0 Å². The van der Waals surface area contributed by atoms with Gasteiger partial charge in [0.25, 0.3) is 0 Å². The minimum Gasteiger partial charge on any atom is -0.353 e. The van der Waals surface area contributed by atoms with Crippen LogP contribution in [0.1, 0.15) is 17.5 Å². The second kappa shape index (κ2) is 11.0. The lowest BCUT2D eigenvalue weighted by molar-refractivity contribution is -0.129. The first-order valence-corrected chi connectivity index (χ1v) is 13.6. The van der Waals surface area contributed by atoms with Gasteiger partial charge >= 0.3 is 0 Å². The van der Waals surface area contributed by atoms with Crippen molar-refractivity contribution in [3.63, 3.8) is 0 Å². The molecule has 4 aromatic rings. The second-order valence-corrected chi connectivity index (χ2v) is 10.6. The number of nitrogens with zero attached hydrogens (tertiary/aromatic N) is 9. The van der Waals surface area contributed by atoms with Crippen LogP contribution < -0.4 is 9.80 Å². The molecule has 0 saturated carbocycles. The highest BCUT2D eigenvalue weighted by Crippen LogP contribution is 2.36. The fraction of sp³-hybridized carbons (Fsp3) is 0.370. The number of thiazole rings is 1. The fourth-order valence-electron chi connectivity index (χ4n) is 4.59. The molecular formula is C27H30FN9OS. The number of rotatable bonds is 7. The Morgan fingerprint density at radius 2 is 1.79 bits per heavy atom. The Bertz CT molecular complexity index is 1530. The quantitative estimate of drug-likeness (QED) is 0.347. The maximum Gasteiger partial charge on any atom is 0.236 e. The molecule has 202 valence electrons. The summed E-state index contributed by atoms with van der Waals surface area (Å²) in [6.07, 6.45) is 0.693. The van der Waals surface area contributed by atoms with E-state index in [2.05, 4.69) is 15.9 Å². The summed E-state index contributed by atoms with van der Waals surface area (Å²) < 4.78 is 15.3. The summed E-state index contributed by atoms with van der Waals surface area (Å²) >= 11 is 1.28. The van der Waals surface area contributed by atoms with Crippen molar-refractivity contribution >= 4 is 39.7 Å². The van der Waals surface area contributed by atoms with Gasteiger partial charge in [-0.05, 0) is 42.8 Å². The topological polar surface area (TPSA) is 96.9 Å². The summed E-state index contributed by atoms with van der Waals surface area (Å²) in [6, 6.07) is 12.2. The van der Waals surface area contributed by atoms with Gasteiger partial charge in [-0.3, -0.25) is 9.69 Å². The van der Waals surface area contributed by atoms with E-state index in [-0.39, 0.29) is 11.7 Å². The van der Waals surface area contributed by atoms with Crippen LogP contribution in [0.15, 0.2) is 36.4 Å². The standard InChI is InChI=1S/C27H30FN9OS/c1-5-20-26(34(4)27-31-25(21(16-29)39-27)18-6-8-19(28)9-7-18)37-22(30-20)10-11-23(32-37)36-14-12-35(13-15-36)17-24(38)33(2)3/h6-11H,5,12-15,17H2,1-4H3. The van der Waals surface area contributed by atoms with Gasteiger partial charge < -0.3 is 14.7 Å². The molecule has 1 amide bonds. The Kier molecular flexibility index (Phi) is 7.45. The highest BCUT2D eigenvalue weighted by atomic mass is 32.1. The molecule has 12 heteroatoms. The third-order valence-electron chi connectivity index (χ3n) is 6.84. The van der Waals surface area contributed by atoms with Crippen LogP contribution >= 0.6 is 11.3 Å². The molecule has 1 aliphatic rings. The molecular weight excluding hydrogens is 517 g/mol. The molecule has 3 aromatic heterocycles. The van der Waals surface area contributed by atoms with E-state index >= 15 is 0 Å². The van der Waals surface area contributed by atoms with E-state index < -0.39 is 0 Å². The van der Waals surface area contributed by atoms with Crippen LogP contribution in [0.4, 0.5) is 21.2 Å². The Morgan fingerprint density at radius 1 is 1.08 bits per heavy atom. The number of likely N-dealkylation sites (N-methyl/N-ethyl adjacent to an activating group) is 1. The summed E-state index contributed by atoms with van der Waals surface area (Å²) in [5.41, 5.74) is 2.80. The Balaban J connectivity index is 1.44. The van der Waals surface area contributed by atoms with E-state index in [1.807, 2.05) is 35.5 Å². The number of carbonyl (C=O) groups is 1. The van der Waals surface area contributed by atoms with Gasteiger partial charge in [-0.2, -0.15) is 9.78 Å². The van der Waals surface area contributed by atoms with Gasteiger partial charge in [0.15, 0.2) is 16.6 Å². The van der Waals surface area contributed by atoms with Crippen LogP contribution in [0.2, 0.25) is 0 Å². The van der Waals surface area contributed by atoms with Crippen LogP contribution in [0, 0.1) is 17.1 Å². The average Bonchev–Trinajstić information content (AvgIpc) is 3.54. The number of halogens is 1. The number of hydrogen-bond donors (Lipinski definition) is 0. The lowest BCUT2D eigenvalue weighted by Gasteiger charge is -2.35. The van der Waals surface area contributed by atoms with Gasteiger partial charge in [0.2, 0.25) is 5.91 Å². The number of nitriles is 1. The normalized spacial score (nSPS) is 14.0. The van der Waals surface area contributed by atoms with Gasteiger partial charge in [0.05, 0.1) is 12.2 Å². The maximum atomic E-state index is 13.5. The summed E-state index contributed by atoms with van der Waals surface area (Å²) in [5, 5.41) is 15.4. The monoisotopic (exact) mass is 547 g/mol. The lowest BCUT2D eigenvalue weighted by Crippen LogP contribution is -2.49. The predicted octanol–water partition coefficient (Wildman–Crippen LogP) is 3.40. The molecule has 0 spiro atoms. The van der Waals surface area contributed by atoms with E-state index in [4.69, 9.17) is 15.1 Å². The average molecular weight is 548 g/mol. The van der Waals surface area contributed by atoms with Crippen molar-refractivity contribution in [2.45, 2.75) is 13.3 Å². The molecule has 0 bridgehead atoms. The maximum absolute atomic E-state index is 13.5. The number of benzene rings is 1. The zero-order valence-electron chi connectivity index (χ0n) is 22.4. The first-order chi connectivity index (χ1) is 18.8. The molecule has 0 atom stereocenters. The number of anilines is 3. The number of aryl methyl sites for hydroxylation is 1. The third-order valence-corrected chi connectivity index (χ3v) is 7.87. The number of amides is 1. The van der Waals surface area contributed by atoms with E-state index in [9.17, 15) is 14.4 Å². The fourth-order valence-corrected chi connectivity index (χ4v) is 5.44. The molecule has 1 aliphatic heterocycles. The van der Waals surface area contributed by atoms with Crippen molar-refractivity contribution in [1.82, 2.24) is 29.4 Å². The van der Waals surface area contributed by atoms with Gasteiger partial charge in [-0.1, -0.05) is 18.3 Å². The second-order valence-electron chi connectivity index (χ2n) is 9.60. The Labute approximate surface area is 230 Å². The number of aromatic nitrogens is 4. The molecule has 1 fully saturated rings. The van der Waals surface area contributed by atoms with Crippen LogP contribution in [-0.2, 0) is 11.2 Å². The number of piperazine rings is 1. The molecule has 0 N–H and O–H groups in total. The SMILES string of the molecule is CCc1nc2ccc(N3CCN(CC(=O)N(C)C)CC3)nn2c1N(C)c1nc(-c2ccc(F)cc2)c(C#N)s1. The largest absolute Gasteiger partial charge is 0.353 e. The van der Waals surface area contributed by atoms with Crippen LogP contribution in [0.3, 0.4) is 0 Å². The number of fused-ring (bicyclic) bond motifs is 1. The van der Waals surface area contributed by atoms with Gasteiger partial charge in [0, 0.05) is 52.9 Å². The number of hydrogen-bond acceptors (Lipinski definition) is 9. The molecule has 1 aromatic carbocycles.